The van der Waals surface area contributed by atoms with Crippen LogP contribution in [0.1, 0.15) is 11.1 Å². The molecule has 0 aliphatic carbocycles. The Labute approximate surface area is 192 Å². The van der Waals surface area contributed by atoms with E-state index in [1.807, 2.05) is 72.8 Å². The van der Waals surface area contributed by atoms with Crippen LogP contribution in [-0.2, 0) is 13.0 Å². The average molecular weight is 434 g/mol. The standard InChI is InChI=1S/C27H22N4O2/c1-32-23-15-19-13-14-31-26(21(19)16-24(23)33-2)22(17-28)25(18-9-5-3-6-10-18)27(31)30-29-20-11-7-4-8-12-20/h3-12,15-16H,13-14H2,1-2H3. The molecule has 0 fully saturated rings. The highest BCUT2D eigenvalue weighted by Crippen LogP contribution is 2.48. The lowest BCUT2D eigenvalue weighted by Gasteiger charge is -2.22. The first-order chi connectivity index (χ1) is 16.2. The molecule has 0 unspecified atom stereocenters. The maximum Gasteiger partial charge on any atom is 0.165 e. The van der Waals surface area contributed by atoms with Crippen molar-refractivity contribution >= 4 is 11.5 Å². The maximum atomic E-state index is 10.3. The van der Waals surface area contributed by atoms with Crippen molar-refractivity contribution in [3.63, 3.8) is 0 Å². The van der Waals surface area contributed by atoms with E-state index in [0.717, 1.165) is 40.1 Å². The van der Waals surface area contributed by atoms with Gasteiger partial charge in [-0.3, -0.25) is 0 Å². The van der Waals surface area contributed by atoms with Gasteiger partial charge in [-0.25, -0.2) is 0 Å². The van der Waals surface area contributed by atoms with Crippen LogP contribution in [0.3, 0.4) is 0 Å². The predicted octanol–water partition coefficient (Wildman–Crippen LogP) is 6.68. The van der Waals surface area contributed by atoms with Gasteiger partial charge in [-0.1, -0.05) is 48.5 Å². The number of aromatic nitrogens is 1. The van der Waals surface area contributed by atoms with Crippen LogP contribution >= 0.6 is 0 Å². The molecule has 33 heavy (non-hydrogen) atoms. The largest absolute Gasteiger partial charge is 0.493 e. The first-order valence-electron chi connectivity index (χ1n) is 10.7. The number of benzene rings is 3. The van der Waals surface area contributed by atoms with E-state index in [4.69, 9.17) is 9.47 Å². The van der Waals surface area contributed by atoms with Crippen molar-refractivity contribution < 1.29 is 9.47 Å². The summed E-state index contributed by atoms with van der Waals surface area (Å²) in [6.07, 6.45) is 0.782. The van der Waals surface area contributed by atoms with Gasteiger partial charge in [-0.05, 0) is 41.8 Å². The van der Waals surface area contributed by atoms with Crippen LogP contribution in [0.15, 0.2) is 83.0 Å². The Bertz CT molecular complexity index is 1380. The minimum absolute atomic E-state index is 0.580. The summed E-state index contributed by atoms with van der Waals surface area (Å²) in [7, 11) is 3.25. The van der Waals surface area contributed by atoms with Crippen LogP contribution in [-0.4, -0.2) is 18.8 Å². The molecule has 6 heteroatoms. The first-order valence-corrected chi connectivity index (χ1v) is 10.7. The number of hydrogen-bond acceptors (Lipinski definition) is 5. The third kappa shape index (κ3) is 3.54. The highest BCUT2D eigenvalue weighted by Gasteiger charge is 2.30. The number of aryl methyl sites for hydroxylation is 1. The normalized spacial score (nSPS) is 12.2. The van der Waals surface area contributed by atoms with Gasteiger partial charge >= 0.3 is 0 Å². The SMILES string of the molecule is COc1cc2c(cc1OC)-c1c(C#N)c(-c3ccccc3)c(N=Nc3ccccc3)n1CC2. The number of hydrogen-bond donors (Lipinski definition) is 0. The molecule has 6 nitrogen and oxygen atoms in total. The first kappa shape index (κ1) is 20.5. The van der Waals surface area contributed by atoms with Crippen molar-refractivity contribution in [2.75, 3.05) is 14.2 Å². The van der Waals surface area contributed by atoms with Gasteiger partial charge in [0.2, 0.25) is 0 Å². The lowest BCUT2D eigenvalue weighted by Crippen LogP contribution is -2.11. The highest BCUT2D eigenvalue weighted by molar-refractivity contribution is 5.90. The van der Waals surface area contributed by atoms with E-state index in [-0.39, 0.29) is 0 Å². The molecule has 1 aliphatic rings. The summed E-state index contributed by atoms with van der Waals surface area (Å²) in [6, 6.07) is 25.9. The van der Waals surface area contributed by atoms with E-state index in [0.29, 0.717) is 29.4 Å². The molecule has 0 N–H and O–H groups in total. The summed E-state index contributed by atoms with van der Waals surface area (Å²) in [5.41, 5.74) is 5.95. The number of ether oxygens (including phenoxy) is 2. The minimum atomic E-state index is 0.580. The molecule has 0 amide bonds. The van der Waals surface area contributed by atoms with Gasteiger partial charge < -0.3 is 14.0 Å². The second-order valence-electron chi connectivity index (χ2n) is 7.70. The van der Waals surface area contributed by atoms with Gasteiger partial charge in [0.1, 0.15) is 6.07 Å². The molecule has 0 saturated heterocycles. The molecule has 0 bridgehead atoms. The fraction of sp³-hybridized carbons (Fsp3) is 0.148. The van der Waals surface area contributed by atoms with Crippen molar-refractivity contribution in [2.24, 2.45) is 10.2 Å². The van der Waals surface area contributed by atoms with Crippen molar-refractivity contribution in [1.29, 1.82) is 5.26 Å². The fourth-order valence-corrected chi connectivity index (χ4v) is 4.38. The lowest BCUT2D eigenvalue weighted by molar-refractivity contribution is 0.354. The molecule has 0 spiro atoms. The summed E-state index contributed by atoms with van der Waals surface area (Å²) >= 11 is 0. The molecular formula is C27H22N4O2. The average Bonchev–Trinajstić information content (AvgIpc) is 3.21. The molecule has 0 saturated carbocycles. The van der Waals surface area contributed by atoms with Crippen LogP contribution in [0.25, 0.3) is 22.4 Å². The number of nitriles is 1. The minimum Gasteiger partial charge on any atom is -0.493 e. The zero-order chi connectivity index (χ0) is 22.8. The van der Waals surface area contributed by atoms with E-state index in [9.17, 15) is 5.26 Å². The number of nitrogens with zero attached hydrogens (tertiary/aromatic N) is 4. The Hall–Kier alpha value is -4.37. The number of methoxy groups -OCH3 is 2. The maximum absolute atomic E-state index is 10.3. The Balaban J connectivity index is 1.79. The number of azo groups is 1. The van der Waals surface area contributed by atoms with Crippen molar-refractivity contribution in [2.45, 2.75) is 13.0 Å². The Kier molecular flexibility index (Phi) is 5.37. The molecule has 0 radical (unpaired) electrons. The van der Waals surface area contributed by atoms with Gasteiger partial charge in [-0.15, -0.1) is 10.2 Å². The summed E-state index contributed by atoms with van der Waals surface area (Å²) in [4.78, 5) is 0. The molecular weight excluding hydrogens is 412 g/mol. The molecule has 162 valence electrons. The van der Waals surface area contributed by atoms with E-state index >= 15 is 0 Å². The Morgan fingerprint density at radius 3 is 2.21 bits per heavy atom. The Morgan fingerprint density at radius 2 is 1.55 bits per heavy atom. The molecule has 1 aromatic heterocycles. The smallest absolute Gasteiger partial charge is 0.165 e. The third-order valence-electron chi connectivity index (χ3n) is 5.90. The second-order valence-corrected chi connectivity index (χ2v) is 7.70. The van der Waals surface area contributed by atoms with Crippen molar-refractivity contribution in [1.82, 2.24) is 4.57 Å². The van der Waals surface area contributed by atoms with E-state index in [2.05, 4.69) is 20.9 Å². The monoisotopic (exact) mass is 434 g/mol. The quantitative estimate of drug-likeness (QED) is 0.329. The van der Waals surface area contributed by atoms with E-state index in [1.165, 1.54) is 0 Å². The van der Waals surface area contributed by atoms with Crippen LogP contribution in [0.4, 0.5) is 11.5 Å². The van der Waals surface area contributed by atoms with Crippen LogP contribution < -0.4 is 9.47 Å². The lowest BCUT2D eigenvalue weighted by atomic mass is 9.94. The zero-order valence-electron chi connectivity index (χ0n) is 18.4. The summed E-state index contributed by atoms with van der Waals surface area (Å²) in [5, 5.41) is 19.4. The fourth-order valence-electron chi connectivity index (χ4n) is 4.38. The summed E-state index contributed by atoms with van der Waals surface area (Å²) < 4.78 is 13.2. The highest BCUT2D eigenvalue weighted by atomic mass is 16.5. The topological polar surface area (TPSA) is 71.9 Å². The number of fused-ring (bicyclic) bond motifs is 3. The van der Waals surface area contributed by atoms with Crippen LogP contribution in [0, 0.1) is 11.3 Å². The van der Waals surface area contributed by atoms with Crippen molar-refractivity contribution in [3.05, 3.63) is 83.9 Å². The predicted molar refractivity (Wildman–Crippen MR) is 127 cm³/mol. The van der Waals surface area contributed by atoms with Gasteiger partial charge in [-0.2, -0.15) is 5.26 Å². The van der Waals surface area contributed by atoms with E-state index < -0.39 is 0 Å². The molecule has 0 atom stereocenters. The van der Waals surface area contributed by atoms with Crippen LogP contribution in [0.5, 0.6) is 11.5 Å². The van der Waals surface area contributed by atoms with E-state index in [1.54, 1.807) is 14.2 Å². The molecule has 5 rings (SSSR count). The third-order valence-corrected chi connectivity index (χ3v) is 5.90. The van der Waals surface area contributed by atoms with Gasteiger partial charge in [0, 0.05) is 17.7 Å². The Morgan fingerprint density at radius 1 is 0.879 bits per heavy atom. The van der Waals surface area contributed by atoms with Crippen molar-refractivity contribution in [3.8, 4) is 40.0 Å². The summed E-state index contributed by atoms with van der Waals surface area (Å²) in [6.45, 7) is 0.683. The molecule has 3 aromatic carbocycles. The van der Waals surface area contributed by atoms with Crippen LogP contribution in [0.2, 0.25) is 0 Å². The van der Waals surface area contributed by atoms with Gasteiger partial charge in [0.25, 0.3) is 0 Å². The number of rotatable bonds is 5. The van der Waals surface area contributed by atoms with Gasteiger partial charge in [0.05, 0.1) is 31.2 Å². The molecule has 1 aliphatic heterocycles. The van der Waals surface area contributed by atoms with Gasteiger partial charge in [0.15, 0.2) is 17.3 Å². The summed E-state index contributed by atoms with van der Waals surface area (Å²) in [5.74, 6) is 1.99. The second kappa shape index (κ2) is 8.64. The molecule has 4 aromatic rings. The molecule has 2 heterocycles. The zero-order valence-corrected chi connectivity index (χ0v) is 18.4.